The van der Waals surface area contributed by atoms with Gasteiger partial charge in [-0.2, -0.15) is 0 Å². The van der Waals surface area contributed by atoms with Crippen LogP contribution in [0.4, 0.5) is 0 Å². The van der Waals surface area contributed by atoms with Gasteiger partial charge in [-0.15, -0.1) is 0 Å². The van der Waals surface area contributed by atoms with Crippen LogP contribution in [-0.4, -0.2) is 54.7 Å². The molecule has 0 aliphatic rings. The van der Waals surface area contributed by atoms with Crippen molar-refractivity contribution in [1.29, 1.82) is 0 Å². The van der Waals surface area contributed by atoms with Crippen molar-refractivity contribution in [3.05, 3.63) is 0 Å². The number of carbonyl (C=O) groups is 2. The maximum absolute atomic E-state index is 12.7. The van der Waals surface area contributed by atoms with Gasteiger partial charge in [0.25, 0.3) is 0 Å². The molecule has 0 aliphatic carbocycles. The van der Waals surface area contributed by atoms with Crippen molar-refractivity contribution in [3.63, 3.8) is 0 Å². The molecule has 0 aromatic rings. The zero-order chi connectivity index (χ0) is 18.1. The van der Waals surface area contributed by atoms with Crippen molar-refractivity contribution < 1.29 is 41.6 Å². The van der Waals surface area contributed by atoms with E-state index in [0.29, 0.717) is 0 Å². The Hall–Kier alpha value is -0.510. The lowest BCUT2D eigenvalue weighted by Crippen LogP contribution is -2.57. The predicted octanol–water partition coefficient (Wildman–Crippen LogP) is 1.76. The highest BCUT2D eigenvalue weighted by atomic mass is 79.9. The number of hydrogen-bond donors (Lipinski definition) is 1. The van der Waals surface area contributed by atoms with Gasteiger partial charge in [-0.05, 0) is 27.7 Å². The fourth-order valence-corrected chi connectivity index (χ4v) is 3.81. The van der Waals surface area contributed by atoms with Crippen LogP contribution in [0.5, 0.6) is 0 Å². The molecular weight excluding hydrogens is 399 g/mol. The minimum atomic E-state index is -4.84. The monoisotopic (exact) mass is 420 g/mol. The van der Waals surface area contributed by atoms with Gasteiger partial charge in [0.2, 0.25) is 6.10 Å². The van der Waals surface area contributed by atoms with Crippen LogP contribution in [0, 0.1) is 0 Å². The number of carbonyl (C=O) groups excluding carboxylic acids is 2. The summed E-state index contributed by atoms with van der Waals surface area (Å²) in [7, 11) is -4.84. The highest BCUT2D eigenvalue weighted by molar-refractivity contribution is 9.06. The molecule has 3 unspecified atom stereocenters. The van der Waals surface area contributed by atoms with Crippen LogP contribution in [0.2, 0.25) is 0 Å². The van der Waals surface area contributed by atoms with Crippen LogP contribution in [0.1, 0.15) is 27.7 Å². The maximum atomic E-state index is 12.7. The van der Waals surface area contributed by atoms with E-state index in [2.05, 4.69) is 20.1 Å². The summed E-state index contributed by atoms with van der Waals surface area (Å²) in [4.78, 5) is 34.7. The molecule has 0 amide bonds. The highest BCUT2D eigenvalue weighted by Gasteiger charge is 2.67. The van der Waals surface area contributed by atoms with Gasteiger partial charge in [0, 0.05) is 13.2 Å². The second-order valence-corrected chi connectivity index (χ2v) is 6.31. The molecule has 0 radical (unpaired) electrons. The number of halogens is 1. The van der Waals surface area contributed by atoms with E-state index in [1.54, 1.807) is 0 Å². The SMILES string of the molecule is CCOC(=O)C(OCC)C(OCC)(C(=O)OBr)P(=O)(O)OCC. The molecule has 136 valence electrons. The van der Waals surface area contributed by atoms with Crippen molar-refractivity contribution in [1.82, 2.24) is 0 Å². The van der Waals surface area contributed by atoms with Crippen LogP contribution in [0.15, 0.2) is 0 Å². The van der Waals surface area contributed by atoms with Gasteiger partial charge in [0.05, 0.1) is 13.2 Å². The number of rotatable bonds is 11. The molecule has 0 aliphatic heterocycles. The van der Waals surface area contributed by atoms with Gasteiger partial charge in [-0.3, -0.25) is 4.57 Å². The van der Waals surface area contributed by atoms with Crippen molar-refractivity contribution in [2.45, 2.75) is 39.1 Å². The van der Waals surface area contributed by atoms with E-state index in [1.807, 2.05) is 0 Å². The molecule has 0 spiro atoms. The van der Waals surface area contributed by atoms with E-state index >= 15 is 0 Å². The maximum Gasteiger partial charge on any atom is 0.374 e. The van der Waals surface area contributed by atoms with Crippen molar-refractivity contribution in [3.8, 4) is 0 Å². The van der Waals surface area contributed by atoms with Crippen LogP contribution in [0.25, 0.3) is 0 Å². The molecule has 23 heavy (non-hydrogen) atoms. The summed E-state index contributed by atoms with van der Waals surface area (Å²) in [6.07, 6.45) is -1.85. The smallest absolute Gasteiger partial charge is 0.374 e. The van der Waals surface area contributed by atoms with Crippen molar-refractivity contribution in [2.24, 2.45) is 0 Å². The van der Waals surface area contributed by atoms with E-state index in [4.69, 9.17) is 18.7 Å². The van der Waals surface area contributed by atoms with Gasteiger partial charge in [-0.25, -0.2) is 9.59 Å². The Kier molecular flexibility index (Phi) is 10.1. The van der Waals surface area contributed by atoms with Crippen LogP contribution < -0.4 is 0 Å². The normalized spacial score (nSPS) is 17.7. The molecule has 0 saturated heterocycles. The standard InChI is InChI=1S/C12H22BrO9P/c1-5-18-9(10(14)19-6-2)12(20-7-3,11(15)22-13)23(16,17)21-8-4/h9H,5-8H2,1-4H3,(H,16,17). The summed E-state index contributed by atoms with van der Waals surface area (Å²) < 4.78 is 37.1. The third kappa shape index (κ3) is 4.98. The second-order valence-electron chi connectivity index (χ2n) is 4.02. The van der Waals surface area contributed by atoms with Gasteiger partial charge >= 0.3 is 24.9 Å². The molecule has 1 N–H and O–H groups in total. The number of hydrogen-bond acceptors (Lipinski definition) is 8. The van der Waals surface area contributed by atoms with E-state index in [-0.39, 0.29) is 26.4 Å². The lowest BCUT2D eigenvalue weighted by atomic mass is 10.2. The Balaban J connectivity index is 6.27. The van der Waals surface area contributed by atoms with Crippen molar-refractivity contribution in [2.75, 3.05) is 26.4 Å². The van der Waals surface area contributed by atoms with Crippen LogP contribution >= 0.6 is 23.9 Å². The van der Waals surface area contributed by atoms with Gasteiger partial charge in [-0.1, -0.05) is 0 Å². The topological polar surface area (TPSA) is 118 Å². The molecular formula is C12H22BrO9P. The lowest BCUT2D eigenvalue weighted by molar-refractivity contribution is -0.186. The molecule has 11 heteroatoms. The van der Waals surface area contributed by atoms with Gasteiger partial charge in [0.1, 0.15) is 0 Å². The zero-order valence-electron chi connectivity index (χ0n) is 13.4. The first kappa shape index (κ1) is 22.5. The lowest BCUT2D eigenvalue weighted by Gasteiger charge is -2.37. The minimum absolute atomic E-state index is 0.0294. The average molecular weight is 421 g/mol. The fourth-order valence-electron chi connectivity index (χ4n) is 1.86. The molecule has 0 fully saturated rings. The zero-order valence-corrected chi connectivity index (χ0v) is 15.9. The molecule has 0 bridgehead atoms. The Morgan fingerprint density at radius 2 is 1.74 bits per heavy atom. The molecule has 0 aromatic carbocycles. The highest BCUT2D eigenvalue weighted by Crippen LogP contribution is 2.59. The second kappa shape index (κ2) is 10.4. The quantitative estimate of drug-likeness (QED) is 0.393. The van der Waals surface area contributed by atoms with Crippen LogP contribution in [-0.2, 0) is 36.7 Å². The average Bonchev–Trinajstić information content (AvgIpc) is 2.49. The number of ether oxygens (including phenoxy) is 3. The Labute approximate surface area is 143 Å². The Morgan fingerprint density at radius 1 is 1.13 bits per heavy atom. The van der Waals surface area contributed by atoms with E-state index in [0.717, 1.165) is 0 Å². The fraction of sp³-hybridized carbons (Fsp3) is 0.833. The summed E-state index contributed by atoms with van der Waals surface area (Å²) >= 11 is 2.45. The molecule has 0 rings (SSSR count). The summed E-state index contributed by atoms with van der Waals surface area (Å²) in [5.74, 6) is -2.39. The van der Waals surface area contributed by atoms with Crippen molar-refractivity contribution >= 4 is 35.8 Å². The summed E-state index contributed by atoms with van der Waals surface area (Å²) in [5, 5.41) is -2.72. The summed E-state index contributed by atoms with van der Waals surface area (Å²) in [6, 6.07) is 0. The Morgan fingerprint density at radius 3 is 2.13 bits per heavy atom. The Bertz CT molecular complexity index is 444. The molecule has 0 heterocycles. The van der Waals surface area contributed by atoms with Gasteiger partial charge in [0.15, 0.2) is 16.3 Å². The third-order valence-electron chi connectivity index (χ3n) is 2.64. The van der Waals surface area contributed by atoms with Gasteiger partial charge < -0.3 is 27.5 Å². The molecule has 0 saturated carbocycles. The van der Waals surface area contributed by atoms with E-state index < -0.39 is 31.0 Å². The van der Waals surface area contributed by atoms with Crippen LogP contribution in [0.3, 0.4) is 0 Å². The minimum Gasteiger partial charge on any atom is -0.464 e. The third-order valence-corrected chi connectivity index (χ3v) is 4.93. The first-order valence-electron chi connectivity index (χ1n) is 7.01. The molecule has 3 atom stereocenters. The predicted molar refractivity (Wildman–Crippen MR) is 82.9 cm³/mol. The summed E-state index contributed by atoms with van der Waals surface area (Å²) in [5.41, 5.74) is 0. The number of esters is 1. The molecule has 9 nitrogen and oxygen atoms in total. The first-order chi connectivity index (χ1) is 10.8. The first-order valence-corrected chi connectivity index (χ1v) is 9.23. The summed E-state index contributed by atoms with van der Waals surface area (Å²) in [6.45, 7) is 5.49. The van der Waals surface area contributed by atoms with E-state index in [1.165, 1.54) is 27.7 Å². The molecule has 0 aromatic heterocycles. The van der Waals surface area contributed by atoms with E-state index in [9.17, 15) is 19.0 Å². The largest absolute Gasteiger partial charge is 0.464 e.